The number of nitrogens with zero attached hydrogens (tertiary/aromatic N) is 3. The number of hydrogen-bond acceptors (Lipinski definition) is 3. The van der Waals surface area contributed by atoms with Crippen molar-refractivity contribution in [1.82, 2.24) is 9.99 Å². The van der Waals surface area contributed by atoms with Crippen molar-refractivity contribution in [3.8, 4) is 0 Å². The van der Waals surface area contributed by atoms with Crippen LogP contribution in [0.25, 0.3) is 0 Å². The average Bonchev–Trinajstić information content (AvgIpc) is 3.20. The summed E-state index contributed by atoms with van der Waals surface area (Å²) in [7, 11) is 0. The molecule has 1 aromatic heterocycles. The Hall–Kier alpha value is -3.27. The SMILES string of the molecule is O=C(CCc1ccccc1)N1N=C(c2cccnc2)CC1c1ccccc1. The first-order valence-corrected chi connectivity index (χ1v) is 9.20. The van der Waals surface area contributed by atoms with Crippen molar-refractivity contribution in [2.45, 2.75) is 25.3 Å². The standard InChI is InChI=1S/C23H21N3O/c27-23(14-13-18-8-3-1-4-9-18)26-22(19-10-5-2-6-11-19)16-21(25-26)20-12-7-15-24-17-20/h1-12,15,17,22H,13-14,16H2. The molecule has 1 amide bonds. The van der Waals surface area contributed by atoms with Crippen molar-refractivity contribution in [3.05, 3.63) is 102 Å². The first kappa shape index (κ1) is 17.2. The topological polar surface area (TPSA) is 45.6 Å². The van der Waals surface area contributed by atoms with Crippen LogP contribution in [0, 0.1) is 0 Å². The molecule has 0 radical (unpaired) electrons. The number of hydrazone groups is 1. The molecule has 1 aliphatic heterocycles. The quantitative estimate of drug-likeness (QED) is 0.681. The molecule has 0 bridgehead atoms. The largest absolute Gasteiger partial charge is 0.273 e. The molecule has 1 unspecified atom stereocenters. The van der Waals surface area contributed by atoms with Gasteiger partial charge in [0.15, 0.2) is 0 Å². The molecule has 0 fully saturated rings. The molecule has 2 heterocycles. The fraction of sp³-hybridized carbons (Fsp3) is 0.174. The Balaban J connectivity index is 1.57. The van der Waals surface area contributed by atoms with Crippen LogP contribution in [-0.4, -0.2) is 21.6 Å². The summed E-state index contributed by atoms with van der Waals surface area (Å²) < 4.78 is 0. The van der Waals surface area contributed by atoms with Gasteiger partial charge >= 0.3 is 0 Å². The summed E-state index contributed by atoms with van der Waals surface area (Å²) in [6.45, 7) is 0. The van der Waals surface area contributed by atoms with Crippen molar-refractivity contribution in [2.24, 2.45) is 5.10 Å². The van der Waals surface area contributed by atoms with Crippen LogP contribution in [0.2, 0.25) is 0 Å². The minimum atomic E-state index is -0.0651. The van der Waals surface area contributed by atoms with Crippen LogP contribution in [0.4, 0.5) is 0 Å². The predicted octanol–water partition coefficient (Wildman–Crippen LogP) is 4.39. The smallest absolute Gasteiger partial charge is 0.243 e. The summed E-state index contributed by atoms with van der Waals surface area (Å²) in [5.41, 5.74) is 4.15. The summed E-state index contributed by atoms with van der Waals surface area (Å²) >= 11 is 0. The van der Waals surface area contributed by atoms with E-state index in [0.29, 0.717) is 12.8 Å². The van der Waals surface area contributed by atoms with Crippen molar-refractivity contribution >= 4 is 11.6 Å². The number of benzene rings is 2. The summed E-state index contributed by atoms with van der Waals surface area (Å²) in [5, 5.41) is 6.36. The Labute approximate surface area is 159 Å². The van der Waals surface area contributed by atoms with Crippen molar-refractivity contribution < 1.29 is 4.79 Å². The van der Waals surface area contributed by atoms with Gasteiger partial charge in [-0.3, -0.25) is 9.78 Å². The zero-order chi connectivity index (χ0) is 18.5. The van der Waals surface area contributed by atoms with Crippen molar-refractivity contribution in [3.63, 3.8) is 0 Å². The summed E-state index contributed by atoms with van der Waals surface area (Å²) in [5.74, 6) is 0.0478. The predicted molar refractivity (Wildman–Crippen MR) is 106 cm³/mol. The summed E-state index contributed by atoms with van der Waals surface area (Å²) in [6.07, 6.45) is 5.41. The lowest BCUT2D eigenvalue weighted by Gasteiger charge is -2.22. The monoisotopic (exact) mass is 355 g/mol. The molecule has 0 saturated heterocycles. The fourth-order valence-electron chi connectivity index (χ4n) is 3.39. The van der Waals surface area contributed by atoms with Crippen LogP contribution < -0.4 is 0 Å². The van der Waals surface area contributed by atoms with Gasteiger partial charge in [0.1, 0.15) is 0 Å². The van der Waals surface area contributed by atoms with Gasteiger partial charge in [-0.15, -0.1) is 0 Å². The molecule has 1 atom stereocenters. The molecule has 0 saturated carbocycles. The highest BCUT2D eigenvalue weighted by molar-refractivity contribution is 6.03. The van der Waals surface area contributed by atoms with Crippen LogP contribution in [0.15, 0.2) is 90.3 Å². The molecule has 27 heavy (non-hydrogen) atoms. The van der Waals surface area contributed by atoms with Crippen LogP contribution in [0.5, 0.6) is 0 Å². The maximum Gasteiger partial charge on any atom is 0.243 e. The number of carbonyl (C=O) groups excluding carboxylic acids is 1. The number of aryl methyl sites for hydroxylation is 1. The van der Waals surface area contributed by atoms with Gasteiger partial charge in [0, 0.05) is 30.8 Å². The number of rotatable bonds is 5. The Morgan fingerprint density at radius 3 is 2.41 bits per heavy atom. The van der Waals surface area contributed by atoms with Gasteiger partial charge in [-0.05, 0) is 23.6 Å². The Bertz CT molecular complexity index is 924. The molecule has 4 heteroatoms. The second-order valence-electron chi connectivity index (χ2n) is 6.64. The highest BCUT2D eigenvalue weighted by Gasteiger charge is 2.32. The maximum atomic E-state index is 13.0. The van der Waals surface area contributed by atoms with Gasteiger partial charge in [0.25, 0.3) is 0 Å². The Morgan fingerprint density at radius 1 is 0.963 bits per heavy atom. The van der Waals surface area contributed by atoms with E-state index >= 15 is 0 Å². The minimum absolute atomic E-state index is 0.0478. The average molecular weight is 355 g/mol. The Kier molecular flexibility index (Phi) is 5.06. The van der Waals surface area contributed by atoms with Crippen LogP contribution in [0.1, 0.15) is 35.6 Å². The van der Waals surface area contributed by atoms with Gasteiger partial charge in [-0.1, -0.05) is 66.7 Å². The van der Waals surface area contributed by atoms with Gasteiger partial charge in [-0.25, -0.2) is 5.01 Å². The lowest BCUT2D eigenvalue weighted by Crippen LogP contribution is -2.27. The number of amides is 1. The van der Waals surface area contributed by atoms with Gasteiger partial charge in [0.05, 0.1) is 11.8 Å². The highest BCUT2D eigenvalue weighted by Crippen LogP contribution is 2.33. The fourth-order valence-corrected chi connectivity index (χ4v) is 3.39. The van der Waals surface area contributed by atoms with E-state index in [1.807, 2.05) is 48.5 Å². The molecule has 134 valence electrons. The molecule has 4 rings (SSSR count). The van der Waals surface area contributed by atoms with Gasteiger partial charge < -0.3 is 0 Å². The summed E-state index contributed by atoms with van der Waals surface area (Å²) in [4.78, 5) is 17.2. The second-order valence-corrected chi connectivity index (χ2v) is 6.64. The number of hydrogen-bond donors (Lipinski definition) is 0. The first-order chi connectivity index (χ1) is 13.3. The number of pyridine rings is 1. The third-order valence-electron chi connectivity index (χ3n) is 4.82. The van der Waals surface area contributed by atoms with Crippen molar-refractivity contribution in [1.29, 1.82) is 0 Å². The molecule has 2 aromatic carbocycles. The lowest BCUT2D eigenvalue weighted by molar-refractivity contribution is -0.133. The lowest BCUT2D eigenvalue weighted by atomic mass is 9.99. The van der Waals surface area contributed by atoms with E-state index in [1.54, 1.807) is 17.4 Å². The van der Waals surface area contributed by atoms with E-state index < -0.39 is 0 Å². The highest BCUT2D eigenvalue weighted by atomic mass is 16.2. The summed E-state index contributed by atoms with van der Waals surface area (Å²) in [6, 6.07) is 24.0. The number of aromatic nitrogens is 1. The molecular weight excluding hydrogens is 334 g/mol. The molecule has 0 aliphatic carbocycles. The Morgan fingerprint density at radius 2 is 1.70 bits per heavy atom. The zero-order valence-corrected chi connectivity index (χ0v) is 15.0. The van der Waals surface area contributed by atoms with E-state index in [2.05, 4.69) is 34.4 Å². The third kappa shape index (κ3) is 3.95. The molecule has 1 aliphatic rings. The van der Waals surface area contributed by atoms with Crippen molar-refractivity contribution in [2.75, 3.05) is 0 Å². The first-order valence-electron chi connectivity index (χ1n) is 9.20. The third-order valence-corrected chi connectivity index (χ3v) is 4.82. The van der Waals surface area contributed by atoms with Crippen LogP contribution >= 0.6 is 0 Å². The van der Waals surface area contributed by atoms with Crippen LogP contribution in [-0.2, 0) is 11.2 Å². The van der Waals surface area contributed by atoms with Gasteiger partial charge in [0.2, 0.25) is 5.91 Å². The molecule has 4 nitrogen and oxygen atoms in total. The zero-order valence-electron chi connectivity index (χ0n) is 15.0. The van der Waals surface area contributed by atoms with E-state index in [4.69, 9.17) is 0 Å². The second kappa shape index (κ2) is 7.96. The normalized spacial score (nSPS) is 16.2. The van der Waals surface area contributed by atoms with E-state index in [1.165, 1.54) is 0 Å². The molecule has 0 N–H and O–H groups in total. The maximum absolute atomic E-state index is 13.0. The van der Waals surface area contributed by atoms with Gasteiger partial charge in [-0.2, -0.15) is 5.10 Å². The molecular formula is C23H21N3O. The van der Waals surface area contributed by atoms with E-state index in [9.17, 15) is 4.79 Å². The van der Waals surface area contributed by atoms with E-state index in [0.717, 1.165) is 28.8 Å². The minimum Gasteiger partial charge on any atom is -0.273 e. The molecule has 0 spiro atoms. The van der Waals surface area contributed by atoms with Crippen LogP contribution in [0.3, 0.4) is 0 Å². The molecule has 3 aromatic rings. The number of carbonyl (C=O) groups is 1. The van der Waals surface area contributed by atoms with E-state index in [-0.39, 0.29) is 11.9 Å².